The number of hydrogen-bond donors (Lipinski definition) is 3. The van der Waals surface area contributed by atoms with Crippen molar-refractivity contribution in [2.75, 3.05) is 25.3 Å². The molecule has 0 bridgehead atoms. The van der Waals surface area contributed by atoms with E-state index < -0.39 is 5.82 Å². The first-order chi connectivity index (χ1) is 13.6. The molecule has 0 fully saturated rings. The molecule has 0 aliphatic carbocycles. The summed E-state index contributed by atoms with van der Waals surface area (Å²) >= 11 is 0. The van der Waals surface area contributed by atoms with E-state index >= 15 is 0 Å². The van der Waals surface area contributed by atoms with Crippen molar-refractivity contribution in [1.29, 1.82) is 0 Å². The van der Waals surface area contributed by atoms with Crippen LogP contribution in [0.25, 0.3) is 22.0 Å². The number of halogens is 1. The number of H-pyrrole nitrogens is 1. The minimum Gasteiger partial charge on any atom is -0.497 e. The number of aromatic nitrogens is 4. The van der Waals surface area contributed by atoms with E-state index in [1.807, 2.05) is 18.2 Å². The molecular weight excluding hydrogens is 363 g/mol. The van der Waals surface area contributed by atoms with Gasteiger partial charge in [0.1, 0.15) is 11.6 Å². The molecule has 142 valence electrons. The number of methoxy groups -OCH3 is 2. The largest absolute Gasteiger partial charge is 0.497 e. The lowest BCUT2D eigenvalue weighted by molar-refractivity contribution is 0.387. The first-order valence-electron chi connectivity index (χ1n) is 8.34. The van der Waals surface area contributed by atoms with Gasteiger partial charge < -0.3 is 20.5 Å². The molecule has 28 heavy (non-hydrogen) atoms. The molecule has 4 N–H and O–H groups in total. The van der Waals surface area contributed by atoms with E-state index in [2.05, 4.69) is 25.5 Å². The van der Waals surface area contributed by atoms with Gasteiger partial charge in [-0.2, -0.15) is 10.1 Å². The Hall–Kier alpha value is -3.88. The molecule has 2 heterocycles. The molecule has 0 amide bonds. The number of nitrogen functional groups attached to an aromatic ring is 1. The molecule has 0 atom stereocenters. The van der Waals surface area contributed by atoms with Gasteiger partial charge in [0.15, 0.2) is 17.4 Å². The summed E-state index contributed by atoms with van der Waals surface area (Å²) in [4.78, 5) is 8.34. The van der Waals surface area contributed by atoms with Gasteiger partial charge in [0, 0.05) is 17.1 Å². The van der Waals surface area contributed by atoms with Crippen molar-refractivity contribution in [2.24, 2.45) is 0 Å². The molecule has 0 radical (unpaired) electrons. The second-order valence-corrected chi connectivity index (χ2v) is 5.95. The summed E-state index contributed by atoms with van der Waals surface area (Å²) in [5.74, 6) is 1.43. The molecular formula is C19H17FN6O2. The smallest absolute Gasteiger partial charge is 0.221 e. The second kappa shape index (κ2) is 7.03. The summed E-state index contributed by atoms with van der Waals surface area (Å²) in [5, 5.41) is 11.2. The molecule has 0 unspecified atom stereocenters. The fourth-order valence-corrected chi connectivity index (χ4v) is 2.86. The molecule has 0 spiro atoms. The minimum atomic E-state index is -0.456. The average molecular weight is 380 g/mol. The van der Waals surface area contributed by atoms with Crippen LogP contribution in [0.2, 0.25) is 0 Å². The number of rotatable bonds is 5. The molecule has 2 aromatic carbocycles. The first-order valence-corrected chi connectivity index (χ1v) is 8.34. The molecule has 4 rings (SSSR count). The van der Waals surface area contributed by atoms with E-state index in [0.29, 0.717) is 28.5 Å². The summed E-state index contributed by atoms with van der Waals surface area (Å²) in [6.45, 7) is 0. The molecule has 0 saturated carbocycles. The Morgan fingerprint density at radius 1 is 1.07 bits per heavy atom. The maximum Gasteiger partial charge on any atom is 0.221 e. The molecule has 9 heteroatoms. The van der Waals surface area contributed by atoms with Crippen molar-refractivity contribution in [1.82, 2.24) is 20.2 Å². The predicted octanol–water partition coefficient (Wildman–Crippen LogP) is 3.50. The Morgan fingerprint density at radius 2 is 1.93 bits per heavy atom. The van der Waals surface area contributed by atoms with E-state index in [-0.39, 0.29) is 11.7 Å². The summed E-state index contributed by atoms with van der Waals surface area (Å²) < 4.78 is 24.1. The quantitative estimate of drug-likeness (QED) is 0.486. The van der Waals surface area contributed by atoms with Gasteiger partial charge in [-0.1, -0.05) is 6.07 Å². The first kappa shape index (κ1) is 17.5. The highest BCUT2D eigenvalue weighted by Crippen LogP contribution is 2.33. The van der Waals surface area contributed by atoms with Crippen molar-refractivity contribution >= 4 is 28.5 Å². The van der Waals surface area contributed by atoms with Crippen LogP contribution in [0.4, 0.5) is 22.0 Å². The standard InChI is InChI=1S/C19H17FN6O2/c1-27-11-4-6-15-12(8-11)18(26-25-15)23-17-13(9-22-19(21)24-17)10-3-5-14(20)16(7-10)28-2/h3-9H,1-2H3,(H4,21,22,23,24,25,26). The highest BCUT2D eigenvalue weighted by Gasteiger charge is 2.15. The zero-order valence-corrected chi connectivity index (χ0v) is 15.2. The lowest BCUT2D eigenvalue weighted by atomic mass is 10.1. The van der Waals surface area contributed by atoms with Crippen molar-refractivity contribution in [2.45, 2.75) is 0 Å². The van der Waals surface area contributed by atoms with Crippen LogP contribution in [-0.2, 0) is 0 Å². The van der Waals surface area contributed by atoms with Crippen LogP contribution in [0, 0.1) is 5.82 Å². The van der Waals surface area contributed by atoms with Crippen molar-refractivity contribution in [3.05, 3.63) is 48.4 Å². The van der Waals surface area contributed by atoms with Gasteiger partial charge >= 0.3 is 0 Å². The highest BCUT2D eigenvalue weighted by molar-refractivity contribution is 5.93. The Morgan fingerprint density at radius 3 is 2.71 bits per heavy atom. The molecule has 0 aliphatic rings. The highest BCUT2D eigenvalue weighted by atomic mass is 19.1. The van der Waals surface area contributed by atoms with Crippen LogP contribution in [0.1, 0.15) is 0 Å². The fourth-order valence-electron chi connectivity index (χ4n) is 2.86. The summed E-state index contributed by atoms with van der Waals surface area (Å²) in [7, 11) is 3.00. The van der Waals surface area contributed by atoms with Gasteiger partial charge in [-0.15, -0.1) is 0 Å². The van der Waals surface area contributed by atoms with E-state index in [0.717, 1.165) is 10.9 Å². The normalized spacial score (nSPS) is 10.8. The van der Waals surface area contributed by atoms with E-state index in [1.165, 1.54) is 13.2 Å². The number of aromatic amines is 1. The lowest BCUT2D eigenvalue weighted by Crippen LogP contribution is -2.03. The van der Waals surface area contributed by atoms with Gasteiger partial charge in [-0.3, -0.25) is 5.10 Å². The third kappa shape index (κ3) is 3.13. The summed E-state index contributed by atoms with van der Waals surface area (Å²) in [6.07, 6.45) is 1.56. The maximum atomic E-state index is 13.8. The molecule has 4 aromatic rings. The number of fused-ring (bicyclic) bond motifs is 1. The van der Waals surface area contributed by atoms with Crippen LogP contribution in [0.3, 0.4) is 0 Å². The third-order valence-corrected chi connectivity index (χ3v) is 4.28. The number of anilines is 3. The zero-order valence-electron chi connectivity index (χ0n) is 15.2. The van der Waals surface area contributed by atoms with Crippen LogP contribution in [0.15, 0.2) is 42.6 Å². The van der Waals surface area contributed by atoms with Crippen LogP contribution >= 0.6 is 0 Å². The lowest BCUT2D eigenvalue weighted by Gasteiger charge is -2.11. The monoisotopic (exact) mass is 380 g/mol. The Balaban J connectivity index is 1.80. The van der Waals surface area contributed by atoms with Gasteiger partial charge in [-0.25, -0.2) is 9.37 Å². The van der Waals surface area contributed by atoms with Crippen molar-refractivity contribution < 1.29 is 13.9 Å². The average Bonchev–Trinajstić information content (AvgIpc) is 3.10. The SMILES string of the molecule is COc1ccc2[nH]nc(Nc3nc(N)ncc3-c3ccc(F)c(OC)c3)c2c1. The zero-order chi connectivity index (χ0) is 19.7. The summed E-state index contributed by atoms with van der Waals surface area (Å²) in [5.41, 5.74) is 7.89. The second-order valence-electron chi connectivity index (χ2n) is 5.95. The van der Waals surface area contributed by atoms with Gasteiger partial charge in [0.25, 0.3) is 0 Å². The fraction of sp³-hybridized carbons (Fsp3) is 0.105. The number of nitrogens with zero attached hydrogens (tertiary/aromatic N) is 3. The Labute approximate surface area is 159 Å². The van der Waals surface area contributed by atoms with E-state index in [9.17, 15) is 4.39 Å². The van der Waals surface area contributed by atoms with E-state index in [1.54, 1.807) is 25.4 Å². The van der Waals surface area contributed by atoms with Gasteiger partial charge in [0.05, 0.1) is 19.7 Å². The maximum absolute atomic E-state index is 13.8. The van der Waals surface area contributed by atoms with Crippen LogP contribution in [0.5, 0.6) is 11.5 Å². The molecule has 2 aromatic heterocycles. The number of benzene rings is 2. The van der Waals surface area contributed by atoms with Gasteiger partial charge in [0.2, 0.25) is 5.95 Å². The van der Waals surface area contributed by atoms with Gasteiger partial charge in [-0.05, 0) is 35.9 Å². The third-order valence-electron chi connectivity index (χ3n) is 4.28. The Kier molecular flexibility index (Phi) is 4.40. The topological polar surface area (TPSA) is 111 Å². The Bertz CT molecular complexity index is 1160. The molecule has 8 nitrogen and oxygen atoms in total. The number of ether oxygens (including phenoxy) is 2. The number of nitrogens with one attached hydrogen (secondary N) is 2. The van der Waals surface area contributed by atoms with Crippen LogP contribution < -0.4 is 20.5 Å². The molecule has 0 saturated heterocycles. The number of hydrogen-bond acceptors (Lipinski definition) is 7. The number of nitrogens with two attached hydrogens (primary N) is 1. The van der Waals surface area contributed by atoms with Crippen molar-refractivity contribution in [3.8, 4) is 22.6 Å². The van der Waals surface area contributed by atoms with E-state index in [4.69, 9.17) is 15.2 Å². The minimum absolute atomic E-state index is 0.0951. The predicted molar refractivity (Wildman–Crippen MR) is 104 cm³/mol. The molecule has 0 aliphatic heterocycles. The van der Waals surface area contributed by atoms with Crippen molar-refractivity contribution in [3.63, 3.8) is 0 Å². The van der Waals surface area contributed by atoms with Crippen LogP contribution in [-0.4, -0.2) is 34.4 Å². The summed E-state index contributed by atoms with van der Waals surface area (Å²) in [6, 6.07) is 10.1.